The summed E-state index contributed by atoms with van der Waals surface area (Å²) in [5.74, 6) is 0.826. The molecule has 58 valence electrons. The first-order valence-corrected chi connectivity index (χ1v) is 3.47. The van der Waals surface area contributed by atoms with Crippen LogP contribution in [0.15, 0.2) is 31.0 Å². The molecular weight excluding hydrogens is 138 g/mol. The summed E-state index contributed by atoms with van der Waals surface area (Å²) >= 11 is 0. The van der Waals surface area contributed by atoms with Crippen molar-refractivity contribution in [3.8, 4) is 5.75 Å². The molecule has 0 N–H and O–H groups in total. The number of aromatic nitrogens is 1. The van der Waals surface area contributed by atoms with E-state index in [-0.39, 0.29) is 0 Å². The van der Waals surface area contributed by atoms with E-state index in [1.54, 1.807) is 13.3 Å². The highest BCUT2D eigenvalue weighted by Crippen LogP contribution is 2.14. The monoisotopic (exact) mass is 149 g/mol. The summed E-state index contributed by atoms with van der Waals surface area (Å²) < 4.78 is 5.09. The lowest BCUT2D eigenvalue weighted by Gasteiger charge is -2.03. The molecule has 0 aliphatic heterocycles. The number of hydrogen-bond acceptors (Lipinski definition) is 2. The molecule has 1 rings (SSSR count). The maximum absolute atomic E-state index is 5.09. The SMILES string of the molecule is C=CCc1ncccc1OC. The Kier molecular flexibility index (Phi) is 2.66. The first-order chi connectivity index (χ1) is 5.38. The van der Waals surface area contributed by atoms with Gasteiger partial charge in [0.25, 0.3) is 0 Å². The number of hydrogen-bond donors (Lipinski definition) is 0. The van der Waals surface area contributed by atoms with Gasteiger partial charge >= 0.3 is 0 Å². The van der Waals surface area contributed by atoms with E-state index >= 15 is 0 Å². The van der Waals surface area contributed by atoms with E-state index in [0.717, 1.165) is 17.9 Å². The van der Waals surface area contributed by atoms with Gasteiger partial charge in [0.15, 0.2) is 0 Å². The number of methoxy groups -OCH3 is 1. The van der Waals surface area contributed by atoms with Gasteiger partial charge in [-0.2, -0.15) is 0 Å². The van der Waals surface area contributed by atoms with Gasteiger partial charge in [-0.3, -0.25) is 4.98 Å². The van der Waals surface area contributed by atoms with E-state index in [1.807, 2.05) is 18.2 Å². The van der Waals surface area contributed by atoms with E-state index in [1.165, 1.54) is 0 Å². The summed E-state index contributed by atoms with van der Waals surface area (Å²) in [5, 5.41) is 0. The second-order valence-corrected chi connectivity index (χ2v) is 2.15. The zero-order valence-corrected chi connectivity index (χ0v) is 6.58. The van der Waals surface area contributed by atoms with Crippen LogP contribution >= 0.6 is 0 Å². The van der Waals surface area contributed by atoms with E-state index in [9.17, 15) is 0 Å². The van der Waals surface area contributed by atoms with Crippen LogP contribution in [0.5, 0.6) is 5.75 Å². The average Bonchev–Trinajstić information content (AvgIpc) is 2.06. The molecule has 1 aromatic heterocycles. The van der Waals surface area contributed by atoms with Gasteiger partial charge in [0.05, 0.1) is 12.8 Å². The molecule has 0 aliphatic carbocycles. The van der Waals surface area contributed by atoms with Gasteiger partial charge in [-0.05, 0) is 12.1 Å². The lowest BCUT2D eigenvalue weighted by molar-refractivity contribution is 0.408. The first kappa shape index (κ1) is 7.79. The molecular formula is C9H11NO. The summed E-state index contributed by atoms with van der Waals surface area (Å²) in [7, 11) is 1.64. The summed E-state index contributed by atoms with van der Waals surface area (Å²) in [6.45, 7) is 3.64. The van der Waals surface area contributed by atoms with Crippen LogP contribution in [0.1, 0.15) is 5.69 Å². The molecule has 2 heteroatoms. The third kappa shape index (κ3) is 1.80. The summed E-state index contributed by atoms with van der Waals surface area (Å²) in [5.41, 5.74) is 0.935. The normalized spacial score (nSPS) is 9.18. The number of allylic oxidation sites excluding steroid dienone is 1. The Labute approximate surface area is 66.5 Å². The van der Waals surface area contributed by atoms with Crippen molar-refractivity contribution >= 4 is 0 Å². The molecule has 11 heavy (non-hydrogen) atoms. The Hall–Kier alpha value is -1.31. The maximum atomic E-state index is 5.09. The lowest BCUT2D eigenvalue weighted by Crippen LogP contribution is -1.92. The fourth-order valence-corrected chi connectivity index (χ4v) is 0.899. The van der Waals surface area contributed by atoms with Crippen LogP contribution in [0, 0.1) is 0 Å². The summed E-state index contributed by atoms with van der Waals surface area (Å²) in [6, 6.07) is 3.75. The Balaban J connectivity index is 2.92. The molecule has 0 aliphatic rings. The van der Waals surface area contributed by atoms with Crippen LogP contribution < -0.4 is 4.74 Å². The summed E-state index contributed by atoms with van der Waals surface area (Å²) in [4.78, 5) is 4.14. The van der Waals surface area contributed by atoms with Gasteiger partial charge in [-0.1, -0.05) is 6.08 Å². The Morgan fingerprint density at radius 3 is 3.18 bits per heavy atom. The van der Waals surface area contributed by atoms with Crippen molar-refractivity contribution in [2.24, 2.45) is 0 Å². The van der Waals surface area contributed by atoms with Gasteiger partial charge in [0.2, 0.25) is 0 Å². The third-order valence-electron chi connectivity index (χ3n) is 1.41. The fraction of sp³-hybridized carbons (Fsp3) is 0.222. The minimum absolute atomic E-state index is 0.754. The quantitative estimate of drug-likeness (QED) is 0.611. The molecule has 1 aromatic rings. The van der Waals surface area contributed by atoms with Gasteiger partial charge in [-0.25, -0.2) is 0 Å². The Morgan fingerprint density at radius 2 is 2.55 bits per heavy atom. The minimum atomic E-state index is 0.754. The lowest BCUT2D eigenvalue weighted by atomic mass is 10.2. The van der Waals surface area contributed by atoms with Crippen LogP contribution in [0.3, 0.4) is 0 Å². The van der Waals surface area contributed by atoms with Crippen molar-refractivity contribution in [3.05, 3.63) is 36.7 Å². The molecule has 0 saturated carbocycles. The molecule has 1 heterocycles. The van der Waals surface area contributed by atoms with Gasteiger partial charge < -0.3 is 4.74 Å². The second-order valence-electron chi connectivity index (χ2n) is 2.15. The predicted octanol–water partition coefficient (Wildman–Crippen LogP) is 1.82. The van der Waals surface area contributed by atoms with E-state index < -0.39 is 0 Å². The molecule has 0 radical (unpaired) electrons. The highest BCUT2D eigenvalue weighted by molar-refractivity contribution is 5.27. The van der Waals surface area contributed by atoms with E-state index in [4.69, 9.17) is 4.74 Å². The van der Waals surface area contributed by atoms with Crippen molar-refractivity contribution in [1.82, 2.24) is 4.98 Å². The topological polar surface area (TPSA) is 22.1 Å². The highest BCUT2D eigenvalue weighted by atomic mass is 16.5. The number of rotatable bonds is 3. The fourth-order valence-electron chi connectivity index (χ4n) is 0.899. The number of ether oxygens (including phenoxy) is 1. The van der Waals surface area contributed by atoms with E-state index in [0.29, 0.717) is 0 Å². The van der Waals surface area contributed by atoms with Crippen molar-refractivity contribution in [2.45, 2.75) is 6.42 Å². The molecule has 0 fully saturated rings. The molecule has 0 saturated heterocycles. The van der Waals surface area contributed by atoms with Crippen LogP contribution in [0.2, 0.25) is 0 Å². The molecule has 0 bridgehead atoms. The van der Waals surface area contributed by atoms with Gasteiger partial charge in [-0.15, -0.1) is 6.58 Å². The van der Waals surface area contributed by atoms with Crippen molar-refractivity contribution < 1.29 is 4.74 Å². The minimum Gasteiger partial charge on any atom is -0.495 e. The first-order valence-electron chi connectivity index (χ1n) is 3.47. The standard InChI is InChI=1S/C9H11NO/c1-3-5-8-9(11-2)6-4-7-10-8/h3-4,6-7H,1,5H2,2H3. The van der Waals surface area contributed by atoms with Gasteiger partial charge in [0, 0.05) is 12.6 Å². The van der Waals surface area contributed by atoms with E-state index in [2.05, 4.69) is 11.6 Å². The maximum Gasteiger partial charge on any atom is 0.140 e. The van der Waals surface area contributed by atoms with Crippen molar-refractivity contribution in [2.75, 3.05) is 7.11 Å². The van der Waals surface area contributed by atoms with Crippen LogP contribution in [-0.4, -0.2) is 12.1 Å². The molecule has 0 unspecified atom stereocenters. The van der Waals surface area contributed by atoms with Crippen LogP contribution in [0.4, 0.5) is 0 Å². The number of nitrogens with zero attached hydrogens (tertiary/aromatic N) is 1. The third-order valence-corrected chi connectivity index (χ3v) is 1.41. The highest BCUT2D eigenvalue weighted by Gasteiger charge is 1.98. The molecule has 0 aromatic carbocycles. The zero-order chi connectivity index (χ0) is 8.10. The smallest absolute Gasteiger partial charge is 0.140 e. The molecule has 2 nitrogen and oxygen atoms in total. The molecule has 0 spiro atoms. The number of pyridine rings is 1. The van der Waals surface area contributed by atoms with Gasteiger partial charge in [0.1, 0.15) is 5.75 Å². The molecule has 0 amide bonds. The largest absolute Gasteiger partial charge is 0.495 e. The zero-order valence-electron chi connectivity index (χ0n) is 6.58. The van der Waals surface area contributed by atoms with Crippen molar-refractivity contribution in [1.29, 1.82) is 0 Å². The predicted molar refractivity (Wildman–Crippen MR) is 44.7 cm³/mol. The Bertz CT molecular complexity index is 245. The van der Waals surface area contributed by atoms with Crippen LogP contribution in [0.25, 0.3) is 0 Å². The second kappa shape index (κ2) is 3.76. The van der Waals surface area contributed by atoms with Crippen molar-refractivity contribution in [3.63, 3.8) is 0 Å². The van der Waals surface area contributed by atoms with Crippen LogP contribution in [-0.2, 0) is 6.42 Å². The Morgan fingerprint density at radius 1 is 1.73 bits per heavy atom. The summed E-state index contributed by atoms with van der Waals surface area (Å²) in [6.07, 6.45) is 4.32. The average molecular weight is 149 g/mol. The molecule has 0 atom stereocenters.